The molecule has 0 aromatic carbocycles. The summed E-state index contributed by atoms with van der Waals surface area (Å²) in [7, 11) is 0. The van der Waals surface area contributed by atoms with Crippen LogP contribution in [0.4, 0.5) is 0 Å². The lowest BCUT2D eigenvalue weighted by Gasteiger charge is -2.63. The average molecular weight is 475 g/mol. The van der Waals surface area contributed by atoms with Crippen LogP contribution in [0, 0.1) is 45.3 Å². The third-order valence-corrected chi connectivity index (χ3v) is 12.0. The van der Waals surface area contributed by atoms with Crippen molar-refractivity contribution in [2.45, 2.75) is 125 Å². The van der Waals surface area contributed by atoms with Gasteiger partial charge in [0.15, 0.2) is 0 Å². The maximum absolute atomic E-state index is 12.8. The Morgan fingerprint density at radius 2 is 1.71 bits per heavy atom. The van der Waals surface area contributed by atoms with Crippen LogP contribution < -0.4 is 0 Å². The summed E-state index contributed by atoms with van der Waals surface area (Å²) >= 11 is 0. The maximum Gasteiger partial charge on any atom is 0.138 e. The second-order valence-electron chi connectivity index (χ2n) is 14.5. The van der Waals surface area contributed by atoms with Gasteiger partial charge in [-0.3, -0.25) is 4.79 Å². The topological polar surface area (TPSA) is 77.8 Å². The van der Waals surface area contributed by atoms with E-state index in [1.165, 1.54) is 19.3 Å². The van der Waals surface area contributed by atoms with Crippen LogP contribution in [0.1, 0.15) is 107 Å². The number of allylic oxidation sites excluding steroid dienone is 2. The molecular weight excluding hydrogens is 424 g/mol. The Morgan fingerprint density at radius 3 is 2.32 bits per heavy atom. The van der Waals surface area contributed by atoms with Crippen LogP contribution in [0.5, 0.6) is 0 Å². The van der Waals surface area contributed by atoms with E-state index in [2.05, 4.69) is 47.6 Å². The van der Waals surface area contributed by atoms with Crippen LogP contribution in [-0.2, 0) is 4.79 Å². The van der Waals surface area contributed by atoms with Gasteiger partial charge in [0.2, 0.25) is 0 Å². The van der Waals surface area contributed by atoms with Gasteiger partial charge >= 0.3 is 0 Å². The van der Waals surface area contributed by atoms with Crippen molar-refractivity contribution in [1.82, 2.24) is 0 Å². The van der Waals surface area contributed by atoms with Gasteiger partial charge in [0.05, 0.1) is 11.7 Å². The first-order chi connectivity index (χ1) is 15.5. The smallest absolute Gasteiger partial charge is 0.138 e. The fourth-order valence-corrected chi connectivity index (χ4v) is 9.61. The zero-order chi connectivity index (χ0) is 25.5. The van der Waals surface area contributed by atoms with Gasteiger partial charge in [0.25, 0.3) is 0 Å². The highest BCUT2D eigenvalue weighted by molar-refractivity contribution is 5.85. The molecule has 4 aliphatic rings. The van der Waals surface area contributed by atoms with E-state index in [1.807, 2.05) is 0 Å². The number of hydrogen-bond acceptors (Lipinski definition) is 4. The standard InChI is InChI=1S/C30H50O4/c1-18(17-22(31)25(33)27(4,5)34)19-11-15-30(8)21-9-10-23-26(2,3)24(32)13-14-28(23,6)20(21)12-16-29(19,30)7/h9,18-20,22-23,25,31,33-34H,10-17H2,1-8H3/t18-,19-,20-,22+,23-,25-,28-,29-,30-/m0/s1. The van der Waals surface area contributed by atoms with Gasteiger partial charge in [-0.2, -0.15) is 0 Å². The summed E-state index contributed by atoms with van der Waals surface area (Å²) in [5.41, 5.74) is 0.630. The van der Waals surface area contributed by atoms with Gasteiger partial charge in [0, 0.05) is 11.8 Å². The highest BCUT2D eigenvalue weighted by atomic mass is 16.4. The molecule has 0 spiro atoms. The van der Waals surface area contributed by atoms with Gasteiger partial charge in [-0.05, 0) is 98.7 Å². The number of aliphatic hydroxyl groups excluding tert-OH is 2. The summed E-state index contributed by atoms with van der Waals surface area (Å²) in [5, 5.41) is 31.3. The van der Waals surface area contributed by atoms with Crippen molar-refractivity contribution in [2.75, 3.05) is 0 Å². The molecule has 0 saturated heterocycles. The number of carbonyl (C=O) groups is 1. The van der Waals surface area contributed by atoms with E-state index in [0.29, 0.717) is 30.0 Å². The Hall–Kier alpha value is -0.710. The van der Waals surface area contributed by atoms with E-state index < -0.39 is 17.8 Å². The number of fused-ring (bicyclic) bond motifs is 5. The van der Waals surface area contributed by atoms with Gasteiger partial charge in [0.1, 0.15) is 11.9 Å². The molecule has 0 aromatic rings. The van der Waals surface area contributed by atoms with Crippen molar-refractivity contribution < 1.29 is 20.1 Å². The Bertz CT molecular complexity index is 852. The quantitative estimate of drug-likeness (QED) is 0.448. The highest BCUT2D eigenvalue weighted by Crippen LogP contribution is 2.73. The predicted molar refractivity (Wildman–Crippen MR) is 136 cm³/mol. The van der Waals surface area contributed by atoms with E-state index in [1.54, 1.807) is 19.4 Å². The van der Waals surface area contributed by atoms with Crippen molar-refractivity contribution in [2.24, 2.45) is 45.3 Å². The summed E-state index contributed by atoms with van der Waals surface area (Å²) in [6, 6.07) is 0. The van der Waals surface area contributed by atoms with Crippen LogP contribution in [0.25, 0.3) is 0 Å². The molecule has 34 heavy (non-hydrogen) atoms. The van der Waals surface area contributed by atoms with E-state index in [4.69, 9.17) is 0 Å². The van der Waals surface area contributed by atoms with Crippen LogP contribution in [0.2, 0.25) is 0 Å². The Labute approximate surface area is 207 Å². The van der Waals surface area contributed by atoms with Crippen molar-refractivity contribution >= 4 is 5.78 Å². The largest absolute Gasteiger partial charge is 0.390 e. The van der Waals surface area contributed by atoms with Crippen molar-refractivity contribution in [3.8, 4) is 0 Å². The summed E-state index contributed by atoms with van der Waals surface area (Å²) in [5.74, 6) is 2.19. The molecule has 4 aliphatic carbocycles. The number of Topliss-reactive ketones (excluding diaryl/α,β-unsaturated/α-hetero) is 1. The first-order valence-electron chi connectivity index (χ1n) is 13.8. The minimum Gasteiger partial charge on any atom is -0.390 e. The Kier molecular flexibility index (Phi) is 6.32. The van der Waals surface area contributed by atoms with Crippen LogP contribution >= 0.6 is 0 Å². The lowest BCUT2D eigenvalue weighted by Crippen LogP contribution is -2.57. The molecular formula is C30H50O4. The highest BCUT2D eigenvalue weighted by Gasteiger charge is 2.65. The van der Waals surface area contributed by atoms with Crippen LogP contribution in [0.3, 0.4) is 0 Å². The van der Waals surface area contributed by atoms with Crippen molar-refractivity contribution in [1.29, 1.82) is 0 Å². The minimum absolute atomic E-state index is 0.147. The maximum atomic E-state index is 12.8. The first kappa shape index (κ1) is 26.4. The number of carbonyl (C=O) groups excluding carboxylic acids is 1. The fourth-order valence-electron chi connectivity index (χ4n) is 9.61. The molecule has 0 bridgehead atoms. The first-order valence-corrected chi connectivity index (χ1v) is 13.8. The van der Waals surface area contributed by atoms with E-state index >= 15 is 0 Å². The van der Waals surface area contributed by atoms with Crippen LogP contribution in [0.15, 0.2) is 11.6 Å². The molecule has 0 heterocycles. The molecule has 194 valence electrons. The van der Waals surface area contributed by atoms with Gasteiger partial charge in [-0.25, -0.2) is 0 Å². The molecule has 9 atom stereocenters. The second-order valence-corrected chi connectivity index (χ2v) is 14.5. The molecule has 0 amide bonds. The molecule has 4 nitrogen and oxygen atoms in total. The van der Waals surface area contributed by atoms with E-state index in [0.717, 1.165) is 25.7 Å². The Balaban J connectivity index is 1.60. The van der Waals surface area contributed by atoms with Gasteiger partial charge < -0.3 is 15.3 Å². The molecule has 0 radical (unpaired) electrons. The molecule has 3 fully saturated rings. The fraction of sp³-hybridized carbons (Fsp3) is 0.900. The number of rotatable bonds is 5. The number of aliphatic hydroxyl groups is 3. The van der Waals surface area contributed by atoms with Crippen LogP contribution in [-0.4, -0.2) is 38.9 Å². The second kappa shape index (κ2) is 8.15. The monoisotopic (exact) mass is 474 g/mol. The predicted octanol–water partition coefficient (Wildman–Crippen LogP) is 5.68. The third-order valence-electron chi connectivity index (χ3n) is 12.0. The zero-order valence-electron chi connectivity index (χ0n) is 22.9. The van der Waals surface area contributed by atoms with Crippen molar-refractivity contribution in [3.05, 3.63) is 11.6 Å². The lowest BCUT2D eigenvalue weighted by atomic mass is 9.41. The summed E-state index contributed by atoms with van der Waals surface area (Å²) in [6.07, 6.45) is 8.46. The molecule has 0 aliphatic heterocycles. The number of hydrogen-bond donors (Lipinski definition) is 3. The summed E-state index contributed by atoms with van der Waals surface area (Å²) in [6.45, 7) is 17.2. The van der Waals surface area contributed by atoms with Gasteiger partial charge in [-0.15, -0.1) is 0 Å². The van der Waals surface area contributed by atoms with Gasteiger partial charge in [-0.1, -0.05) is 53.2 Å². The normalized spacial score (nSPS) is 44.4. The van der Waals surface area contributed by atoms with Crippen molar-refractivity contribution in [3.63, 3.8) is 0 Å². The minimum atomic E-state index is -1.31. The summed E-state index contributed by atoms with van der Waals surface area (Å²) < 4.78 is 0. The molecule has 0 unspecified atom stereocenters. The Morgan fingerprint density at radius 1 is 1.06 bits per heavy atom. The third kappa shape index (κ3) is 3.60. The molecule has 0 aromatic heterocycles. The molecule has 4 rings (SSSR count). The lowest BCUT2D eigenvalue weighted by molar-refractivity contribution is -0.146. The summed E-state index contributed by atoms with van der Waals surface area (Å²) in [4.78, 5) is 12.8. The zero-order valence-corrected chi connectivity index (χ0v) is 22.9. The van der Waals surface area contributed by atoms with E-state index in [9.17, 15) is 20.1 Å². The average Bonchev–Trinajstić information content (AvgIpc) is 3.01. The molecule has 4 heteroatoms. The molecule has 3 N–H and O–H groups in total. The van der Waals surface area contributed by atoms with E-state index in [-0.39, 0.29) is 27.6 Å². The SMILES string of the molecule is C[C@@H](C[C@@H](O)[C@H](O)C(C)(C)O)[C@@H]1CC[C@@]2(C)C3=CC[C@H]4C(C)(C)C(=O)CC[C@@]4(C)[C@H]3CC[C@@]12C. The number of ketones is 1. The molecule has 3 saturated carbocycles.